The van der Waals surface area contributed by atoms with E-state index in [1.807, 2.05) is 0 Å². The van der Waals surface area contributed by atoms with Crippen LogP contribution in [0, 0.1) is 12.3 Å². The molecule has 0 aromatic carbocycles. The largest absolute Gasteiger partial charge is 0.309 e. The number of rotatable bonds is 4. The van der Waals surface area contributed by atoms with Gasteiger partial charge in [-0.15, -0.1) is 12.3 Å². The zero-order valence-corrected chi connectivity index (χ0v) is 8.03. The van der Waals surface area contributed by atoms with Crippen molar-refractivity contribution in [1.29, 1.82) is 0 Å². The molecule has 12 heavy (non-hydrogen) atoms. The van der Waals surface area contributed by atoms with Crippen molar-refractivity contribution in [2.45, 2.75) is 19.4 Å². The molecule has 64 valence electrons. The molecule has 0 amide bonds. The van der Waals surface area contributed by atoms with Gasteiger partial charge in [-0.1, -0.05) is 6.92 Å². The Morgan fingerprint density at radius 1 is 1.75 bits per heavy atom. The monoisotopic (exact) mass is 179 g/mol. The molecule has 1 heterocycles. The van der Waals surface area contributed by atoms with E-state index in [0.717, 1.165) is 13.0 Å². The van der Waals surface area contributed by atoms with Crippen LogP contribution in [0.1, 0.15) is 24.9 Å². The number of nitrogens with one attached hydrogen (secondary N) is 1. The third kappa shape index (κ3) is 2.37. The molecule has 1 atom stereocenters. The van der Waals surface area contributed by atoms with Crippen LogP contribution in [0.2, 0.25) is 0 Å². The third-order valence-corrected chi connectivity index (χ3v) is 2.42. The Morgan fingerprint density at radius 3 is 3.08 bits per heavy atom. The highest BCUT2D eigenvalue weighted by atomic mass is 32.1. The van der Waals surface area contributed by atoms with E-state index in [2.05, 4.69) is 35.0 Å². The summed E-state index contributed by atoms with van der Waals surface area (Å²) in [6, 6.07) is 2.46. The van der Waals surface area contributed by atoms with Gasteiger partial charge in [0.1, 0.15) is 0 Å². The molecule has 0 bridgehead atoms. The van der Waals surface area contributed by atoms with E-state index in [0.29, 0.717) is 6.04 Å². The second-order valence-electron chi connectivity index (χ2n) is 2.58. The van der Waals surface area contributed by atoms with E-state index < -0.39 is 0 Å². The average molecular weight is 179 g/mol. The van der Waals surface area contributed by atoms with Crippen molar-refractivity contribution in [3.63, 3.8) is 0 Å². The second kappa shape index (κ2) is 4.97. The van der Waals surface area contributed by atoms with Crippen molar-refractivity contribution in [3.05, 3.63) is 22.4 Å². The SMILES string of the molecule is C#CCC(NCC)c1ccsc1. The lowest BCUT2D eigenvalue weighted by Gasteiger charge is -2.12. The smallest absolute Gasteiger partial charge is 0.0438 e. The molecule has 0 aliphatic heterocycles. The van der Waals surface area contributed by atoms with Crippen molar-refractivity contribution < 1.29 is 0 Å². The highest BCUT2D eigenvalue weighted by molar-refractivity contribution is 7.07. The van der Waals surface area contributed by atoms with E-state index in [1.165, 1.54) is 5.56 Å². The summed E-state index contributed by atoms with van der Waals surface area (Å²) in [6.45, 7) is 3.05. The molecule has 0 saturated heterocycles. The number of hydrogen-bond donors (Lipinski definition) is 1. The summed E-state index contributed by atoms with van der Waals surface area (Å²) >= 11 is 1.71. The third-order valence-electron chi connectivity index (χ3n) is 1.72. The van der Waals surface area contributed by atoms with Crippen LogP contribution in [0.5, 0.6) is 0 Å². The number of thiophene rings is 1. The minimum absolute atomic E-state index is 0.339. The van der Waals surface area contributed by atoms with Crippen LogP contribution in [0.3, 0.4) is 0 Å². The Balaban J connectivity index is 2.61. The van der Waals surface area contributed by atoms with Gasteiger partial charge < -0.3 is 5.32 Å². The maximum Gasteiger partial charge on any atom is 0.0438 e. The van der Waals surface area contributed by atoms with Gasteiger partial charge in [-0.2, -0.15) is 11.3 Å². The number of terminal acetylenes is 1. The molecule has 0 aliphatic carbocycles. The second-order valence-corrected chi connectivity index (χ2v) is 3.36. The fourth-order valence-electron chi connectivity index (χ4n) is 1.15. The molecule has 0 fully saturated rings. The van der Waals surface area contributed by atoms with Crippen LogP contribution >= 0.6 is 11.3 Å². The predicted octanol–water partition coefficient (Wildman–Crippen LogP) is 2.42. The zero-order chi connectivity index (χ0) is 8.81. The molecule has 1 aromatic heterocycles. The lowest BCUT2D eigenvalue weighted by atomic mass is 10.1. The van der Waals surface area contributed by atoms with Gasteiger partial charge in [-0.3, -0.25) is 0 Å². The fourth-order valence-corrected chi connectivity index (χ4v) is 1.86. The molecule has 1 aromatic rings. The van der Waals surface area contributed by atoms with Crippen molar-refractivity contribution in [2.75, 3.05) is 6.54 Å². The topological polar surface area (TPSA) is 12.0 Å². The van der Waals surface area contributed by atoms with Gasteiger partial charge in [0.05, 0.1) is 0 Å². The summed E-state index contributed by atoms with van der Waals surface area (Å²) in [5.74, 6) is 2.68. The van der Waals surface area contributed by atoms with E-state index in [9.17, 15) is 0 Å². The fraction of sp³-hybridized carbons (Fsp3) is 0.400. The summed E-state index contributed by atoms with van der Waals surface area (Å²) in [7, 11) is 0. The minimum atomic E-state index is 0.339. The van der Waals surface area contributed by atoms with Gasteiger partial charge in [-0.25, -0.2) is 0 Å². The first-order valence-corrected chi connectivity index (χ1v) is 5.01. The Hall–Kier alpha value is -0.780. The van der Waals surface area contributed by atoms with Gasteiger partial charge in [0, 0.05) is 12.5 Å². The van der Waals surface area contributed by atoms with Crippen molar-refractivity contribution in [3.8, 4) is 12.3 Å². The van der Waals surface area contributed by atoms with Gasteiger partial charge in [-0.05, 0) is 28.9 Å². The van der Waals surface area contributed by atoms with Crippen molar-refractivity contribution >= 4 is 11.3 Å². The quantitative estimate of drug-likeness (QED) is 0.700. The molecule has 1 N–H and O–H groups in total. The summed E-state index contributed by atoms with van der Waals surface area (Å²) < 4.78 is 0. The summed E-state index contributed by atoms with van der Waals surface area (Å²) in [5.41, 5.74) is 1.31. The van der Waals surface area contributed by atoms with Gasteiger partial charge in [0.15, 0.2) is 0 Å². The van der Waals surface area contributed by atoms with E-state index >= 15 is 0 Å². The first-order valence-electron chi connectivity index (χ1n) is 4.07. The zero-order valence-electron chi connectivity index (χ0n) is 7.21. The maximum atomic E-state index is 5.28. The molecule has 2 heteroatoms. The highest BCUT2D eigenvalue weighted by Gasteiger charge is 2.07. The molecular weight excluding hydrogens is 166 g/mol. The summed E-state index contributed by atoms with van der Waals surface area (Å²) in [6.07, 6.45) is 6.05. The molecule has 0 aliphatic rings. The van der Waals surface area contributed by atoms with Crippen LogP contribution in [0.4, 0.5) is 0 Å². The molecule has 1 unspecified atom stereocenters. The van der Waals surface area contributed by atoms with Gasteiger partial charge >= 0.3 is 0 Å². The molecule has 0 spiro atoms. The van der Waals surface area contributed by atoms with E-state index in [-0.39, 0.29) is 0 Å². The Kier molecular flexibility index (Phi) is 3.86. The Labute approximate surface area is 77.8 Å². The van der Waals surface area contributed by atoms with Crippen LogP contribution in [0.25, 0.3) is 0 Å². The molecule has 0 radical (unpaired) electrons. The molecular formula is C10H13NS. The first kappa shape index (κ1) is 9.31. The Morgan fingerprint density at radius 2 is 2.58 bits per heavy atom. The van der Waals surface area contributed by atoms with Crippen LogP contribution in [-0.2, 0) is 0 Å². The average Bonchev–Trinajstić information content (AvgIpc) is 2.56. The van der Waals surface area contributed by atoms with Crippen LogP contribution in [-0.4, -0.2) is 6.54 Å². The lowest BCUT2D eigenvalue weighted by Crippen LogP contribution is -2.19. The Bertz CT molecular complexity index is 245. The van der Waals surface area contributed by atoms with Crippen molar-refractivity contribution in [2.24, 2.45) is 0 Å². The summed E-state index contributed by atoms with van der Waals surface area (Å²) in [5, 5.41) is 7.57. The predicted molar refractivity (Wildman–Crippen MR) is 54.2 cm³/mol. The molecule has 1 nitrogen and oxygen atoms in total. The lowest BCUT2D eigenvalue weighted by molar-refractivity contribution is 0.567. The van der Waals surface area contributed by atoms with E-state index in [4.69, 9.17) is 6.42 Å². The van der Waals surface area contributed by atoms with E-state index in [1.54, 1.807) is 11.3 Å². The molecule has 1 rings (SSSR count). The van der Waals surface area contributed by atoms with Crippen LogP contribution < -0.4 is 5.32 Å². The normalized spacial score (nSPS) is 12.3. The number of hydrogen-bond acceptors (Lipinski definition) is 2. The molecule has 0 saturated carbocycles. The standard InChI is InChI=1S/C10H13NS/c1-3-5-10(11-4-2)9-6-7-12-8-9/h1,6-8,10-11H,4-5H2,2H3. The van der Waals surface area contributed by atoms with Crippen LogP contribution in [0.15, 0.2) is 16.8 Å². The van der Waals surface area contributed by atoms with Crippen molar-refractivity contribution in [1.82, 2.24) is 5.32 Å². The maximum absolute atomic E-state index is 5.28. The van der Waals surface area contributed by atoms with Gasteiger partial charge in [0.25, 0.3) is 0 Å². The minimum Gasteiger partial charge on any atom is -0.309 e. The first-order chi connectivity index (χ1) is 5.88. The summed E-state index contributed by atoms with van der Waals surface area (Å²) in [4.78, 5) is 0. The van der Waals surface area contributed by atoms with Gasteiger partial charge in [0.2, 0.25) is 0 Å². The highest BCUT2D eigenvalue weighted by Crippen LogP contribution is 2.18.